The summed E-state index contributed by atoms with van der Waals surface area (Å²) in [6.45, 7) is 4.56. The van der Waals surface area contributed by atoms with Crippen molar-refractivity contribution in [2.24, 2.45) is 5.73 Å². The van der Waals surface area contributed by atoms with E-state index in [1.54, 1.807) is 4.68 Å². The summed E-state index contributed by atoms with van der Waals surface area (Å²) in [4.78, 5) is 27.2. The van der Waals surface area contributed by atoms with Crippen molar-refractivity contribution in [2.75, 3.05) is 6.54 Å². The fourth-order valence-electron chi connectivity index (χ4n) is 2.94. The highest BCUT2D eigenvalue weighted by Gasteiger charge is 2.26. The zero-order valence-corrected chi connectivity index (χ0v) is 13.9. The monoisotopic (exact) mass is 327 g/mol. The standard InChI is InChI=1S/C17H21N5O2/c1-10-3-4-11(2)13(7-10)22-17(12-5-6-16(24)19-9-12)20-15(21-22)8-14(18)23/h3-4,7,12H,5-6,8-9H2,1-2H3,(H2,18,23)(H,19,24)/t12-/m0/s1. The Bertz CT molecular complexity index is 786. The molecule has 1 fully saturated rings. The zero-order valence-electron chi connectivity index (χ0n) is 13.9. The lowest BCUT2D eigenvalue weighted by Crippen LogP contribution is -2.34. The molecule has 1 aliphatic rings. The number of primary amides is 1. The van der Waals surface area contributed by atoms with Crippen molar-refractivity contribution < 1.29 is 9.59 Å². The first-order valence-electron chi connectivity index (χ1n) is 8.02. The molecule has 3 rings (SSSR count). The third-order valence-electron chi connectivity index (χ3n) is 4.23. The first-order chi connectivity index (χ1) is 11.4. The molecular formula is C17H21N5O2. The molecule has 0 saturated carbocycles. The fraction of sp³-hybridized carbons (Fsp3) is 0.412. The number of hydrogen-bond donors (Lipinski definition) is 2. The van der Waals surface area contributed by atoms with Gasteiger partial charge in [0.25, 0.3) is 0 Å². The minimum atomic E-state index is -0.461. The van der Waals surface area contributed by atoms with Crippen LogP contribution < -0.4 is 11.1 Å². The van der Waals surface area contributed by atoms with E-state index in [0.29, 0.717) is 25.2 Å². The Morgan fingerprint density at radius 3 is 2.88 bits per heavy atom. The van der Waals surface area contributed by atoms with Gasteiger partial charge in [-0.05, 0) is 37.5 Å². The second-order valence-corrected chi connectivity index (χ2v) is 6.27. The van der Waals surface area contributed by atoms with Crippen molar-refractivity contribution in [3.05, 3.63) is 41.0 Å². The lowest BCUT2D eigenvalue weighted by Gasteiger charge is -2.22. The van der Waals surface area contributed by atoms with Gasteiger partial charge in [-0.2, -0.15) is 5.10 Å². The maximum atomic E-state index is 11.4. The van der Waals surface area contributed by atoms with Crippen LogP contribution in [0.15, 0.2) is 18.2 Å². The molecule has 1 atom stereocenters. The molecule has 0 radical (unpaired) electrons. The van der Waals surface area contributed by atoms with Crippen LogP contribution in [0.4, 0.5) is 0 Å². The van der Waals surface area contributed by atoms with Crippen LogP contribution in [-0.4, -0.2) is 33.1 Å². The molecule has 0 bridgehead atoms. The van der Waals surface area contributed by atoms with Crippen LogP contribution in [0, 0.1) is 13.8 Å². The van der Waals surface area contributed by atoms with E-state index in [2.05, 4.69) is 15.4 Å². The highest BCUT2D eigenvalue weighted by Crippen LogP contribution is 2.26. The molecule has 3 N–H and O–H groups in total. The van der Waals surface area contributed by atoms with Crippen molar-refractivity contribution in [1.29, 1.82) is 0 Å². The van der Waals surface area contributed by atoms with Crippen molar-refractivity contribution in [3.63, 3.8) is 0 Å². The number of nitrogens with two attached hydrogens (primary N) is 1. The van der Waals surface area contributed by atoms with Gasteiger partial charge in [0, 0.05) is 18.9 Å². The van der Waals surface area contributed by atoms with Gasteiger partial charge in [-0.25, -0.2) is 9.67 Å². The second-order valence-electron chi connectivity index (χ2n) is 6.27. The molecule has 0 aliphatic carbocycles. The predicted molar refractivity (Wildman–Crippen MR) is 88.7 cm³/mol. The molecule has 1 aliphatic heterocycles. The van der Waals surface area contributed by atoms with Gasteiger partial charge >= 0.3 is 0 Å². The quantitative estimate of drug-likeness (QED) is 0.871. The lowest BCUT2D eigenvalue weighted by atomic mass is 9.98. The molecule has 7 heteroatoms. The highest BCUT2D eigenvalue weighted by atomic mass is 16.2. The Kier molecular flexibility index (Phi) is 4.33. The van der Waals surface area contributed by atoms with Crippen molar-refractivity contribution in [1.82, 2.24) is 20.1 Å². The van der Waals surface area contributed by atoms with Gasteiger partial charge in [-0.15, -0.1) is 0 Å². The molecular weight excluding hydrogens is 306 g/mol. The van der Waals surface area contributed by atoms with Gasteiger partial charge in [0.2, 0.25) is 11.8 Å². The third kappa shape index (κ3) is 3.29. The number of piperidine rings is 1. The molecule has 1 saturated heterocycles. The first-order valence-corrected chi connectivity index (χ1v) is 8.02. The summed E-state index contributed by atoms with van der Waals surface area (Å²) in [5, 5.41) is 7.38. The van der Waals surface area contributed by atoms with E-state index >= 15 is 0 Å². The van der Waals surface area contributed by atoms with Gasteiger partial charge in [0.15, 0.2) is 5.82 Å². The van der Waals surface area contributed by atoms with E-state index in [1.807, 2.05) is 32.0 Å². The number of benzene rings is 1. The molecule has 2 amide bonds. The SMILES string of the molecule is Cc1ccc(C)c(-n2nc(CC(N)=O)nc2[C@H]2CCC(=O)NC2)c1. The number of aromatic nitrogens is 3. The Hall–Kier alpha value is -2.70. The Balaban J connectivity index is 2.05. The van der Waals surface area contributed by atoms with E-state index in [-0.39, 0.29) is 18.2 Å². The zero-order chi connectivity index (χ0) is 17.3. The molecule has 7 nitrogen and oxygen atoms in total. The maximum Gasteiger partial charge on any atom is 0.225 e. The van der Waals surface area contributed by atoms with Crippen LogP contribution in [0.5, 0.6) is 0 Å². The Morgan fingerprint density at radius 1 is 1.42 bits per heavy atom. The third-order valence-corrected chi connectivity index (χ3v) is 4.23. The number of aryl methyl sites for hydroxylation is 2. The van der Waals surface area contributed by atoms with E-state index in [0.717, 1.165) is 22.6 Å². The van der Waals surface area contributed by atoms with Gasteiger partial charge in [-0.3, -0.25) is 9.59 Å². The van der Waals surface area contributed by atoms with Gasteiger partial charge in [0.05, 0.1) is 12.1 Å². The van der Waals surface area contributed by atoms with Crippen LogP contribution in [0.2, 0.25) is 0 Å². The van der Waals surface area contributed by atoms with E-state index in [4.69, 9.17) is 5.73 Å². The number of amides is 2. The predicted octanol–water partition coefficient (Wildman–Crippen LogP) is 0.906. The number of hydrogen-bond acceptors (Lipinski definition) is 4. The van der Waals surface area contributed by atoms with Gasteiger partial charge in [0.1, 0.15) is 5.82 Å². The van der Waals surface area contributed by atoms with Crippen molar-refractivity contribution >= 4 is 11.8 Å². The Morgan fingerprint density at radius 2 is 2.21 bits per heavy atom. The van der Waals surface area contributed by atoms with E-state index in [9.17, 15) is 9.59 Å². The topological polar surface area (TPSA) is 103 Å². The first kappa shape index (κ1) is 16.2. The average molecular weight is 327 g/mol. The van der Waals surface area contributed by atoms with Gasteiger partial charge in [-0.1, -0.05) is 12.1 Å². The van der Waals surface area contributed by atoms with Crippen LogP contribution in [-0.2, 0) is 16.0 Å². The summed E-state index contributed by atoms with van der Waals surface area (Å²) in [5.74, 6) is 0.838. The summed E-state index contributed by atoms with van der Waals surface area (Å²) in [6.07, 6.45) is 1.19. The molecule has 2 aromatic rings. The largest absolute Gasteiger partial charge is 0.369 e. The maximum absolute atomic E-state index is 11.4. The molecule has 0 unspecified atom stereocenters. The average Bonchev–Trinajstić information content (AvgIpc) is 2.93. The summed E-state index contributed by atoms with van der Waals surface area (Å²) < 4.78 is 1.79. The molecule has 0 spiro atoms. The summed E-state index contributed by atoms with van der Waals surface area (Å²) in [5.41, 5.74) is 8.41. The normalized spacial score (nSPS) is 17.6. The fourth-order valence-corrected chi connectivity index (χ4v) is 2.94. The molecule has 1 aromatic carbocycles. The number of nitrogens with zero attached hydrogens (tertiary/aromatic N) is 3. The van der Waals surface area contributed by atoms with E-state index in [1.165, 1.54) is 0 Å². The van der Waals surface area contributed by atoms with Crippen molar-refractivity contribution in [2.45, 2.75) is 39.0 Å². The minimum absolute atomic E-state index is 0.00391. The van der Waals surface area contributed by atoms with Gasteiger partial charge < -0.3 is 11.1 Å². The lowest BCUT2D eigenvalue weighted by molar-refractivity contribution is -0.122. The van der Waals surface area contributed by atoms with E-state index < -0.39 is 5.91 Å². The van der Waals surface area contributed by atoms with Crippen LogP contribution >= 0.6 is 0 Å². The summed E-state index contributed by atoms with van der Waals surface area (Å²) >= 11 is 0. The molecule has 24 heavy (non-hydrogen) atoms. The summed E-state index contributed by atoms with van der Waals surface area (Å²) in [6, 6.07) is 6.12. The number of carbonyl (C=O) groups excluding carboxylic acids is 2. The molecule has 2 heterocycles. The molecule has 126 valence electrons. The second kappa shape index (κ2) is 6.43. The van der Waals surface area contributed by atoms with Crippen molar-refractivity contribution in [3.8, 4) is 5.69 Å². The highest BCUT2D eigenvalue weighted by molar-refractivity contribution is 5.77. The summed E-state index contributed by atoms with van der Waals surface area (Å²) in [7, 11) is 0. The van der Waals surface area contributed by atoms with Crippen LogP contribution in [0.1, 0.15) is 41.5 Å². The van der Waals surface area contributed by atoms with Crippen LogP contribution in [0.3, 0.4) is 0 Å². The number of carbonyl (C=O) groups is 2. The van der Waals surface area contributed by atoms with Crippen LogP contribution in [0.25, 0.3) is 5.69 Å². The number of nitrogens with one attached hydrogen (secondary N) is 1. The number of rotatable bonds is 4. The Labute approximate surface area is 140 Å². The molecule has 1 aromatic heterocycles. The smallest absolute Gasteiger partial charge is 0.225 e. The minimum Gasteiger partial charge on any atom is -0.369 e.